The highest BCUT2D eigenvalue weighted by molar-refractivity contribution is 9.10. The predicted molar refractivity (Wildman–Crippen MR) is 108 cm³/mol. The van der Waals surface area contributed by atoms with Crippen molar-refractivity contribution in [3.63, 3.8) is 0 Å². The first-order chi connectivity index (χ1) is 12.6. The summed E-state index contributed by atoms with van der Waals surface area (Å²) >= 11 is 5.04. The Hall–Kier alpha value is -1.84. The molecule has 3 rings (SSSR count). The number of anilines is 1. The molecule has 2 aromatic rings. The lowest BCUT2D eigenvalue weighted by atomic mass is 9.96. The molecule has 1 heterocycles. The highest BCUT2D eigenvalue weighted by Crippen LogP contribution is 2.37. The molecule has 0 saturated heterocycles. The molecule has 0 bridgehead atoms. The second-order valence-electron chi connectivity index (χ2n) is 6.46. The van der Waals surface area contributed by atoms with Gasteiger partial charge in [-0.3, -0.25) is 4.79 Å². The molecule has 1 amide bonds. The van der Waals surface area contributed by atoms with Crippen molar-refractivity contribution in [2.45, 2.75) is 45.4 Å². The van der Waals surface area contributed by atoms with Gasteiger partial charge in [0.1, 0.15) is 16.8 Å². The minimum absolute atomic E-state index is 0.0633. The predicted octanol–water partition coefficient (Wildman–Crippen LogP) is 5.37. The second-order valence-corrected chi connectivity index (χ2v) is 8.42. The van der Waals surface area contributed by atoms with Crippen LogP contribution in [-0.2, 0) is 17.6 Å². The van der Waals surface area contributed by atoms with Crippen molar-refractivity contribution < 1.29 is 9.53 Å². The van der Waals surface area contributed by atoms with Gasteiger partial charge in [-0.15, -0.1) is 11.3 Å². The summed E-state index contributed by atoms with van der Waals surface area (Å²) in [6.07, 6.45) is 5.25. The number of amides is 1. The van der Waals surface area contributed by atoms with Crippen molar-refractivity contribution in [2.75, 3.05) is 11.9 Å². The van der Waals surface area contributed by atoms with Gasteiger partial charge in [-0.2, -0.15) is 5.26 Å². The van der Waals surface area contributed by atoms with E-state index in [0.717, 1.165) is 47.0 Å². The zero-order valence-corrected chi connectivity index (χ0v) is 17.1. The van der Waals surface area contributed by atoms with E-state index in [0.29, 0.717) is 30.0 Å². The molecule has 0 radical (unpaired) electrons. The number of halogens is 1. The Morgan fingerprint density at radius 1 is 1.38 bits per heavy atom. The summed E-state index contributed by atoms with van der Waals surface area (Å²) in [5.74, 6) is 0.723. The van der Waals surface area contributed by atoms with Crippen LogP contribution >= 0.6 is 27.3 Å². The van der Waals surface area contributed by atoms with Crippen molar-refractivity contribution in [1.82, 2.24) is 0 Å². The van der Waals surface area contributed by atoms with Crippen LogP contribution in [0, 0.1) is 18.3 Å². The molecule has 26 heavy (non-hydrogen) atoms. The number of thiophene rings is 1. The fraction of sp³-hybridized carbons (Fsp3) is 0.400. The molecular weight excluding hydrogens is 412 g/mol. The molecule has 1 aromatic carbocycles. The monoisotopic (exact) mass is 432 g/mol. The molecule has 136 valence electrons. The summed E-state index contributed by atoms with van der Waals surface area (Å²) < 4.78 is 6.65. The highest BCUT2D eigenvalue weighted by atomic mass is 79.9. The molecule has 1 aliphatic rings. The Morgan fingerprint density at radius 3 is 2.96 bits per heavy atom. The molecule has 1 aliphatic carbocycles. The number of aryl methyl sites for hydroxylation is 2. The third-order valence-corrected chi connectivity index (χ3v) is 6.26. The van der Waals surface area contributed by atoms with E-state index < -0.39 is 0 Å². The van der Waals surface area contributed by atoms with E-state index in [2.05, 4.69) is 27.3 Å². The Labute approximate surface area is 166 Å². The van der Waals surface area contributed by atoms with Gasteiger partial charge in [-0.05, 0) is 78.2 Å². The standard InChI is InChI=1S/C20H21BrN2O2S/c1-13-8-9-17(16(21)11-13)25-10-4-7-19(24)23-20-15(12-22)14-5-2-3-6-18(14)26-20/h8-9,11H,2-7,10H2,1H3,(H,23,24). The Bertz CT molecular complexity index is 854. The molecule has 0 aliphatic heterocycles. The van der Waals surface area contributed by atoms with Crippen molar-refractivity contribution >= 4 is 38.2 Å². The van der Waals surface area contributed by atoms with Crippen LogP contribution in [0.4, 0.5) is 5.00 Å². The summed E-state index contributed by atoms with van der Waals surface area (Å²) in [7, 11) is 0. The SMILES string of the molecule is Cc1ccc(OCCCC(=O)Nc2sc3c(c2C#N)CCCC3)c(Br)c1. The molecule has 0 atom stereocenters. The highest BCUT2D eigenvalue weighted by Gasteiger charge is 2.21. The first-order valence-corrected chi connectivity index (χ1v) is 10.4. The van der Waals surface area contributed by atoms with Crippen molar-refractivity contribution in [3.8, 4) is 11.8 Å². The number of benzene rings is 1. The number of hydrogen-bond donors (Lipinski definition) is 1. The number of hydrogen-bond acceptors (Lipinski definition) is 4. The van der Waals surface area contributed by atoms with Crippen molar-refractivity contribution in [3.05, 3.63) is 44.2 Å². The fourth-order valence-electron chi connectivity index (χ4n) is 3.10. The zero-order chi connectivity index (χ0) is 18.5. The minimum Gasteiger partial charge on any atom is -0.492 e. The summed E-state index contributed by atoms with van der Waals surface area (Å²) in [5, 5.41) is 13.1. The molecule has 0 unspecified atom stereocenters. The second kappa shape index (κ2) is 8.70. The van der Waals surface area contributed by atoms with E-state index in [4.69, 9.17) is 4.74 Å². The van der Waals surface area contributed by atoms with Crippen molar-refractivity contribution in [2.24, 2.45) is 0 Å². The summed E-state index contributed by atoms with van der Waals surface area (Å²) in [4.78, 5) is 13.5. The van der Waals surface area contributed by atoms with Gasteiger partial charge in [0, 0.05) is 11.3 Å². The van der Waals surface area contributed by atoms with E-state index in [1.807, 2.05) is 25.1 Å². The minimum atomic E-state index is -0.0633. The lowest BCUT2D eigenvalue weighted by Gasteiger charge is -2.09. The van der Waals surface area contributed by atoms with Gasteiger partial charge in [-0.25, -0.2) is 0 Å². The Balaban J connectivity index is 1.50. The van der Waals surface area contributed by atoms with E-state index in [1.165, 1.54) is 4.88 Å². The fourth-order valence-corrected chi connectivity index (χ4v) is 4.96. The third kappa shape index (κ3) is 4.46. The molecule has 0 saturated carbocycles. The third-order valence-electron chi connectivity index (χ3n) is 4.43. The maximum Gasteiger partial charge on any atom is 0.225 e. The summed E-state index contributed by atoms with van der Waals surface area (Å²) in [5.41, 5.74) is 2.97. The van der Waals surface area contributed by atoms with Crippen LogP contribution in [0.5, 0.6) is 5.75 Å². The van der Waals surface area contributed by atoms with Gasteiger partial charge in [0.2, 0.25) is 5.91 Å². The van der Waals surface area contributed by atoms with Gasteiger partial charge >= 0.3 is 0 Å². The number of ether oxygens (including phenoxy) is 1. The van der Waals surface area contributed by atoms with Crippen molar-refractivity contribution in [1.29, 1.82) is 5.26 Å². The number of rotatable bonds is 6. The summed E-state index contributed by atoms with van der Waals surface area (Å²) in [6, 6.07) is 8.20. The van der Waals surface area contributed by atoms with Crippen LogP contribution in [0.1, 0.15) is 47.3 Å². The first kappa shape index (κ1) is 18.9. The molecule has 0 spiro atoms. The average Bonchev–Trinajstić information content (AvgIpc) is 2.97. The topological polar surface area (TPSA) is 62.1 Å². The maximum absolute atomic E-state index is 12.2. The first-order valence-electron chi connectivity index (χ1n) is 8.82. The maximum atomic E-state index is 12.2. The number of nitriles is 1. The van der Waals surface area contributed by atoms with Gasteiger partial charge in [-0.1, -0.05) is 6.07 Å². The number of fused-ring (bicyclic) bond motifs is 1. The Morgan fingerprint density at radius 2 is 2.19 bits per heavy atom. The van der Waals surface area contributed by atoms with Crippen LogP contribution in [0.25, 0.3) is 0 Å². The number of carbonyl (C=O) groups excluding carboxylic acids is 1. The van der Waals surface area contributed by atoms with Crippen LogP contribution in [0.3, 0.4) is 0 Å². The quantitative estimate of drug-likeness (QED) is 0.624. The van der Waals surface area contributed by atoms with Crippen LogP contribution < -0.4 is 10.1 Å². The Kier molecular flexibility index (Phi) is 6.33. The van der Waals surface area contributed by atoms with E-state index in [1.54, 1.807) is 11.3 Å². The van der Waals surface area contributed by atoms with Gasteiger partial charge < -0.3 is 10.1 Å². The number of nitrogens with zero attached hydrogens (tertiary/aromatic N) is 1. The lowest BCUT2D eigenvalue weighted by Crippen LogP contribution is -2.13. The van der Waals surface area contributed by atoms with Crippen LogP contribution in [-0.4, -0.2) is 12.5 Å². The van der Waals surface area contributed by atoms with E-state index >= 15 is 0 Å². The zero-order valence-electron chi connectivity index (χ0n) is 14.7. The molecule has 4 nitrogen and oxygen atoms in total. The lowest BCUT2D eigenvalue weighted by molar-refractivity contribution is -0.116. The smallest absolute Gasteiger partial charge is 0.225 e. The average molecular weight is 433 g/mol. The van der Waals surface area contributed by atoms with Crippen LogP contribution in [0.2, 0.25) is 0 Å². The molecule has 1 N–H and O–H groups in total. The van der Waals surface area contributed by atoms with Gasteiger partial charge in [0.15, 0.2) is 0 Å². The molecule has 0 fully saturated rings. The molecule has 1 aromatic heterocycles. The largest absolute Gasteiger partial charge is 0.492 e. The number of nitrogens with one attached hydrogen (secondary N) is 1. The normalized spacial score (nSPS) is 13.0. The summed E-state index contributed by atoms with van der Waals surface area (Å²) in [6.45, 7) is 2.50. The van der Waals surface area contributed by atoms with Gasteiger partial charge in [0.05, 0.1) is 16.6 Å². The molecular formula is C20H21BrN2O2S. The number of carbonyl (C=O) groups is 1. The van der Waals surface area contributed by atoms with E-state index in [-0.39, 0.29) is 5.91 Å². The van der Waals surface area contributed by atoms with Gasteiger partial charge in [0.25, 0.3) is 0 Å². The van der Waals surface area contributed by atoms with Crippen LogP contribution in [0.15, 0.2) is 22.7 Å². The van der Waals surface area contributed by atoms with E-state index in [9.17, 15) is 10.1 Å². The molecule has 6 heteroatoms.